The number of carbonyl (C=O) groups excluding carboxylic acids is 1. The Bertz CT molecular complexity index is 301. The summed E-state index contributed by atoms with van der Waals surface area (Å²) < 4.78 is 0. The zero-order valence-corrected chi connectivity index (χ0v) is 11.9. The number of piperidine rings is 1. The molecule has 1 unspecified atom stereocenters. The highest BCUT2D eigenvalue weighted by molar-refractivity contribution is 5.82. The SMILES string of the molecule is O=C(C1CCCN1)N1CCC(CN2CCCC2)CC1. The second-order valence-corrected chi connectivity index (χ2v) is 6.43. The second kappa shape index (κ2) is 6.23. The Hall–Kier alpha value is -0.610. The van der Waals surface area contributed by atoms with E-state index < -0.39 is 0 Å². The van der Waals surface area contributed by atoms with Crippen molar-refractivity contribution in [2.75, 3.05) is 39.3 Å². The molecule has 3 fully saturated rings. The first-order valence-electron chi connectivity index (χ1n) is 8.07. The van der Waals surface area contributed by atoms with Gasteiger partial charge >= 0.3 is 0 Å². The molecule has 3 saturated heterocycles. The molecule has 1 N–H and O–H groups in total. The molecule has 3 aliphatic heterocycles. The largest absolute Gasteiger partial charge is 0.341 e. The van der Waals surface area contributed by atoms with Crippen LogP contribution < -0.4 is 5.32 Å². The highest BCUT2D eigenvalue weighted by Gasteiger charge is 2.30. The van der Waals surface area contributed by atoms with Crippen molar-refractivity contribution in [3.63, 3.8) is 0 Å². The van der Waals surface area contributed by atoms with Gasteiger partial charge in [-0.2, -0.15) is 0 Å². The average molecular weight is 265 g/mol. The summed E-state index contributed by atoms with van der Waals surface area (Å²) in [4.78, 5) is 17.0. The van der Waals surface area contributed by atoms with E-state index in [0.717, 1.165) is 38.4 Å². The van der Waals surface area contributed by atoms with Gasteiger partial charge in [0.15, 0.2) is 0 Å². The van der Waals surface area contributed by atoms with E-state index in [1.54, 1.807) is 0 Å². The monoisotopic (exact) mass is 265 g/mol. The Labute approximate surface area is 116 Å². The molecule has 0 radical (unpaired) electrons. The predicted molar refractivity (Wildman–Crippen MR) is 76.0 cm³/mol. The van der Waals surface area contributed by atoms with Crippen LogP contribution in [0.15, 0.2) is 0 Å². The number of hydrogen-bond donors (Lipinski definition) is 1. The van der Waals surface area contributed by atoms with Crippen molar-refractivity contribution in [1.82, 2.24) is 15.1 Å². The van der Waals surface area contributed by atoms with Gasteiger partial charge in [0.1, 0.15) is 0 Å². The summed E-state index contributed by atoms with van der Waals surface area (Å²) in [6.07, 6.45) is 7.35. The Balaban J connectivity index is 1.42. The van der Waals surface area contributed by atoms with Crippen molar-refractivity contribution < 1.29 is 4.79 Å². The van der Waals surface area contributed by atoms with E-state index in [4.69, 9.17) is 0 Å². The van der Waals surface area contributed by atoms with Crippen LogP contribution in [0.4, 0.5) is 0 Å². The molecule has 4 nitrogen and oxygen atoms in total. The van der Waals surface area contributed by atoms with E-state index in [0.29, 0.717) is 5.91 Å². The molecule has 3 heterocycles. The second-order valence-electron chi connectivity index (χ2n) is 6.43. The molecule has 0 bridgehead atoms. The van der Waals surface area contributed by atoms with Gasteiger partial charge in [0.05, 0.1) is 6.04 Å². The predicted octanol–water partition coefficient (Wildman–Crippen LogP) is 1.07. The minimum Gasteiger partial charge on any atom is -0.341 e. The molecule has 0 aromatic rings. The van der Waals surface area contributed by atoms with E-state index >= 15 is 0 Å². The summed E-state index contributed by atoms with van der Waals surface area (Å²) in [7, 11) is 0. The molecule has 1 amide bonds. The highest BCUT2D eigenvalue weighted by atomic mass is 16.2. The van der Waals surface area contributed by atoms with Gasteiger partial charge in [0.2, 0.25) is 5.91 Å². The van der Waals surface area contributed by atoms with Crippen LogP contribution in [0.3, 0.4) is 0 Å². The quantitative estimate of drug-likeness (QED) is 0.829. The summed E-state index contributed by atoms with van der Waals surface area (Å²) in [5.41, 5.74) is 0. The Morgan fingerprint density at radius 1 is 1.00 bits per heavy atom. The first kappa shape index (κ1) is 13.4. The summed E-state index contributed by atoms with van der Waals surface area (Å²) in [6, 6.07) is 0.120. The van der Waals surface area contributed by atoms with E-state index in [2.05, 4.69) is 15.1 Å². The molecule has 0 aliphatic carbocycles. The van der Waals surface area contributed by atoms with Gasteiger partial charge in [0, 0.05) is 19.6 Å². The maximum Gasteiger partial charge on any atom is 0.239 e. The van der Waals surface area contributed by atoms with Gasteiger partial charge in [-0.15, -0.1) is 0 Å². The van der Waals surface area contributed by atoms with Crippen LogP contribution >= 0.6 is 0 Å². The highest BCUT2D eigenvalue weighted by Crippen LogP contribution is 2.22. The minimum absolute atomic E-state index is 0.120. The molecule has 0 aromatic carbocycles. The number of carbonyl (C=O) groups is 1. The van der Waals surface area contributed by atoms with Crippen LogP contribution in [0.5, 0.6) is 0 Å². The zero-order chi connectivity index (χ0) is 13.1. The Kier molecular flexibility index (Phi) is 4.38. The molecular formula is C15H27N3O. The third-order valence-corrected chi connectivity index (χ3v) is 5.00. The van der Waals surface area contributed by atoms with Crippen LogP contribution in [0.2, 0.25) is 0 Å². The Morgan fingerprint density at radius 3 is 2.37 bits per heavy atom. The summed E-state index contributed by atoms with van der Waals surface area (Å²) in [6.45, 7) is 6.84. The van der Waals surface area contributed by atoms with Crippen LogP contribution in [-0.4, -0.2) is 61.0 Å². The number of likely N-dealkylation sites (tertiary alicyclic amines) is 2. The van der Waals surface area contributed by atoms with Gasteiger partial charge in [-0.05, 0) is 64.1 Å². The van der Waals surface area contributed by atoms with Gasteiger partial charge < -0.3 is 15.1 Å². The van der Waals surface area contributed by atoms with Crippen LogP contribution in [-0.2, 0) is 4.79 Å². The molecule has 108 valence electrons. The lowest BCUT2D eigenvalue weighted by atomic mass is 9.95. The van der Waals surface area contributed by atoms with E-state index in [9.17, 15) is 4.79 Å². The number of rotatable bonds is 3. The molecule has 3 aliphatic rings. The van der Waals surface area contributed by atoms with Crippen molar-refractivity contribution >= 4 is 5.91 Å². The summed E-state index contributed by atoms with van der Waals surface area (Å²) >= 11 is 0. The summed E-state index contributed by atoms with van der Waals surface area (Å²) in [5.74, 6) is 1.18. The number of nitrogens with zero attached hydrogens (tertiary/aromatic N) is 2. The number of nitrogens with one attached hydrogen (secondary N) is 1. The fraction of sp³-hybridized carbons (Fsp3) is 0.933. The van der Waals surface area contributed by atoms with Crippen molar-refractivity contribution in [2.45, 2.75) is 44.6 Å². The Morgan fingerprint density at radius 2 is 1.74 bits per heavy atom. The molecule has 19 heavy (non-hydrogen) atoms. The lowest BCUT2D eigenvalue weighted by molar-refractivity contribution is -0.134. The van der Waals surface area contributed by atoms with Crippen LogP contribution in [0.1, 0.15) is 38.5 Å². The molecule has 0 aromatic heterocycles. The van der Waals surface area contributed by atoms with Crippen LogP contribution in [0.25, 0.3) is 0 Å². The molecule has 4 heteroatoms. The lowest BCUT2D eigenvalue weighted by Gasteiger charge is -2.35. The fourth-order valence-corrected chi connectivity index (χ4v) is 3.78. The molecular weight excluding hydrogens is 238 g/mol. The topological polar surface area (TPSA) is 35.6 Å². The number of amides is 1. The molecule has 0 saturated carbocycles. The van der Waals surface area contributed by atoms with Gasteiger partial charge in [-0.1, -0.05) is 0 Å². The van der Waals surface area contributed by atoms with Gasteiger partial charge in [0.25, 0.3) is 0 Å². The smallest absolute Gasteiger partial charge is 0.239 e. The number of hydrogen-bond acceptors (Lipinski definition) is 3. The first-order chi connectivity index (χ1) is 9.33. The molecule has 0 spiro atoms. The third kappa shape index (κ3) is 3.29. The van der Waals surface area contributed by atoms with Crippen molar-refractivity contribution in [3.05, 3.63) is 0 Å². The van der Waals surface area contributed by atoms with Crippen LogP contribution in [0, 0.1) is 5.92 Å². The van der Waals surface area contributed by atoms with E-state index in [-0.39, 0.29) is 6.04 Å². The standard InChI is InChI=1S/C15H27N3O/c19-15(14-4-3-7-16-14)18-10-5-13(6-11-18)12-17-8-1-2-9-17/h13-14,16H,1-12H2. The zero-order valence-electron chi connectivity index (χ0n) is 11.9. The third-order valence-electron chi connectivity index (χ3n) is 5.00. The van der Waals surface area contributed by atoms with Crippen molar-refractivity contribution in [2.24, 2.45) is 5.92 Å². The molecule has 3 rings (SSSR count). The molecule has 1 atom stereocenters. The maximum absolute atomic E-state index is 12.3. The van der Waals surface area contributed by atoms with Crippen molar-refractivity contribution in [1.29, 1.82) is 0 Å². The van der Waals surface area contributed by atoms with E-state index in [1.807, 2.05) is 0 Å². The average Bonchev–Trinajstić information content (AvgIpc) is 3.12. The maximum atomic E-state index is 12.3. The normalized spacial score (nSPS) is 30.1. The van der Waals surface area contributed by atoms with E-state index in [1.165, 1.54) is 45.3 Å². The lowest BCUT2D eigenvalue weighted by Crippen LogP contribution is -2.48. The summed E-state index contributed by atoms with van der Waals surface area (Å²) in [5, 5.41) is 3.32. The first-order valence-corrected chi connectivity index (χ1v) is 8.07. The van der Waals surface area contributed by atoms with Gasteiger partial charge in [-0.25, -0.2) is 0 Å². The fourth-order valence-electron chi connectivity index (χ4n) is 3.78. The van der Waals surface area contributed by atoms with Gasteiger partial charge in [-0.3, -0.25) is 4.79 Å². The minimum atomic E-state index is 0.120. The van der Waals surface area contributed by atoms with Crippen molar-refractivity contribution in [3.8, 4) is 0 Å².